The van der Waals surface area contributed by atoms with Crippen molar-refractivity contribution in [3.8, 4) is 0 Å². The van der Waals surface area contributed by atoms with E-state index in [0.29, 0.717) is 0 Å². The Morgan fingerprint density at radius 2 is 1.71 bits per heavy atom. The number of nitrogens with one attached hydrogen (secondary N) is 1. The maximum atomic E-state index is 12.3. The van der Waals surface area contributed by atoms with Crippen LogP contribution in [-0.4, -0.2) is 14.9 Å². The first-order chi connectivity index (χ1) is 11.6. The zero-order valence-electron chi connectivity index (χ0n) is 12.6. The van der Waals surface area contributed by atoms with Gasteiger partial charge in [0.15, 0.2) is 5.69 Å². The van der Waals surface area contributed by atoms with Crippen molar-refractivity contribution in [1.82, 2.24) is 14.9 Å². The molecule has 0 fully saturated rings. The Balaban J connectivity index is 1.85. The van der Waals surface area contributed by atoms with Crippen molar-refractivity contribution in [3.63, 3.8) is 0 Å². The third kappa shape index (κ3) is 3.69. The van der Waals surface area contributed by atoms with Gasteiger partial charge >= 0.3 is 0 Å². The third-order valence-corrected chi connectivity index (χ3v) is 3.78. The van der Waals surface area contributed by atoms with Crippen LogP contribution in [0.4, 0.5) is 11.6 Å². The summed E-state index contributed by atoms with van der Waals surface area (Å²) < 4.78 is 1.89. The Bertz CT molecular complexity index is 920. The van der Waals surface area contributed by atoms with Crippen LogP contribution in [0.5, 0.6) is 0 Å². The third-order valence-electron chi connectivity index (χ3n) is 3.25. The lowest BCUT2D eigenvalue weighted by Gasteiger charge is -2.09. The van der Waals surface area contributed by atoms with Gasteiger partial charge in [0.25, 0.3) is 5.56 Å². The largest absolute Gasteiger partial charge is 0.333 e. The lowest BCUT2D eigenvalue weighted by molar-refractivity contribution is 0.828. The van der Waals surface area contributed by atoms with Gasteiger partial charge in [-0.2, -0.15) is 4.68 Å². The number of rotatable bonds is 4. The van der Waals surface area contributed by atoms with Crippen molar-refractivity contribution in [2.75, 3.05) is 11.2 Å². The van der Waals surface area contributed by atoms with Gasteiger partial charge in [0.05, 0.1) is 0 Å². The number of hydrogen-bond acceptors (Lipinski definition) is 5. The minimum Gasteiger partial charge on any atom is -0.333 e. The molecule has 0 aliphatic heterocycles. The molecule has 0 spiro atoms. The predicted octanol–water partition coefficient (Wildman–Crippen LogP) is 3.03. The number of nitrogen functional groups attached to an aromatic ring is 1. The van der Waals surface area contributed by atoms with Crippen LogP contribution >= 0.6 is 15.9 Å². The number of anilines is 2. The highest BCUT2D eigenvalue weighted by molar-refractivity contribution is 9.10. The fourth-order valence-electron chi connectivity index (χ4n) is 2.00. The molecule has 0 atom stereocenters. The van der Waals surface area contributed by atoms with Crippen LogP contribution in [0.2, 0.25) is 0 Å². The van der Waals surface area contributed by atoms with Crippen LogP contribution in [0.15, 0.2) is 63.9 Å². The molecular formula is C17H14BrN5O. The molecule has 1 aromatic heterocycles. The maximum Gasteiger partial charge on any atom is 0.299 e. The molecule has 0 unspecified atom stereocenters. The van der Waals surface area contributed by atoms with E-state index < -0.39 is 5.56 Å². The molecule has 1 heterocycles. The molecule has 24 heavy (non-hydrogen) atoms. The molecule has 3 N–H and O–H groups in total. The van der Waals surface area contributed by atoms with Crippen LogP contribution < -0.4 is 16.7 Å². The molecule has 0 bridgehead atoms. The second-order valence-corrected chi connectivity index (χ2v) is 5.88. The SMILES string of the molecule is Nn1c(Nc2ccc(Br)cc2)nnc(C=Cc2ccccc2)c1=O. The topological polar surface area (TPSA) is 85.8 Å². The first-order valence-electron chi connectivity index (χ1n) is 7.14. The second-order valence-electron chi connectivity index (χ2n) is 4.96. The van der Waals surface area contributed by atoms with Crippen molar-refractivity contribution >= 4 is 39.7 Å². The summed E-state index contributed by atoms with van der Waals surface area (Å²) in [5.74, 6) is 5.99. The first kappa shape index (κ1) is 15.9. The Morgan fingerprint density at radius 1 is 1.00 bits per heavy atom. The van der Waals surface area contributed by atoms with E-state index >= 15 is 0 Å². The van der Waals surface area contributed by atoms with Crippen LogP contribution in [-0.2, 0) is 0 Å². The fourth-order valence-corrected chi connectivity index (χ4v) is 2.27. The van der Waals surface area contributed by atoms with E-state index in [1.165, 1.54) is 0 Å². The first-order valence-corrected chi connectivity index (χ1v) is 7.93. The van der Waals surface area contributed by atoms with Crippen molar-refractivity contribution in [3.05, 3.63) is 80.7 Å². The van der Waals surface area contributed by atoms with Crippen molar-refractivity contribution in [1.29, 1.82) is 0 Å². The van der Waals surface area contributed by atoms with Gasteiger partial charge in [-0.15, -0.1) is 10.2 Å². The number of benzene rings is 2. The summed E-state index contributed by atoms with van der Waals surface area (Å²) in [4.78, 5) is 12.3. The average Bonchev–Trinajstić information content (AvgIpc) is 2.61. The average molecular weight is 384 g/mol. The summed E-state index contributed by atoms with van der Waals surface area (Å²) in [5, 5.41) is 10.9. The highest BCUT2D eigenvalue weighted by Crippen LogP contribution is 2.16. The summed E-state index contributed by atoms with van der Waals surface area (Å²) in [6.07, 6.45) is 3.38. The minimum absolute atomic E-state index is 0.166. The Labute approximate surface area is 146 Å². The zero-order chi connectivity index (χ0) is 16.9. The summed E-state index contributed by atoms with van der Waals surface area (Å²) in [6, 6.07) is 17.0. The Morgan fingerprint density at radius 3 is 2.42 bits per heavy atom. The van der Waals surface area contributed by atoms with E-state index in [1.807, 2.05) is 54.6 Å². The van der Waals surface area contributed by atoms with Crippen LogP contribution in [0, 0.1) is 0 Å². The molecule has 0 saturated heterocycles. The Kier molecular flexibility index (Phi) is 4.72. The number of nitrogens with zero attached hydrogens (tertiary/aromatic N) is 3. The maximum absolute atomic E-state index is 12.3. The molecule has 0 aliphatic carbocycles. The van der Waals surface area contributed by atoms with Crippen LogP contribution in [0.25, 0.3) is 12.2 Å². The summed E-state index contributed by atoms with van der Waals surface area (Å²) >= 11 is 3.36. The number of halogens is 1. The highest BCUT2D eigenvalue weighted by Gasteiger charge is 2.08. The van der Waals surface area contributed by atoms with Gasteiger partial charge in [-0.25, -0.2) is 0 Å². The van der Waals surface area contributed by atoms with E-state index in [1.54, 1.807) is 12.2 Å². The van der Waals surface area contributed by atoms with Gasteiger partial charge in [0, 0.05) is 10.2 Å². The molecule has 3 aromatic rings. The van der Waals surface area contributed by atoms with Gasteiger partial charge in [0.2, 0.25) is 5.95 Å². The van der Waals surface area contributed by atoms with Crippen LogP contribution in [0.1, 0.15) is 11.3 Å². The fraction of sp³-hybridized carbons (Fsp3) is 0. The molecule has 0 saturated carbocycles. The molecule has 0 aliphatic rings. The smallest absolute Gasteiger partial charge is 0.299 e. The highest BCUT2D eigenvalue weighted by atomic mass is 79.9. The van der Waals surface area contributed by atoms with E-state index in [0.717, 1.165) is 20.4 Å². The van der Waals surface area contributed by atoms with Gasteiger partial charge in [-0.05, 0) is 35.9 Å². The van der Waals surface area contributed by atoms with Crippen molar-refractivity contribution in [2.45, 2.75) is 0 Å². The monoisotopic (exact) mass is 383 g/mol. The summed E-state index contributed by atoms with van der Waals surface area (Å²) in [5.41, 5.74) is 1.44. The second kappa shape index (κ2) is 7.10. The standard InChI is InChI=1S/C17H14BrN5O/c18-13-7-9-14(10-8-13)20-17-22-21-15(16(24)23(17)19)11-6-12-4-2-1-3-5-12/h1-11H,19H2,(H,20,22). The lowest BCUT2D eigenvalue weighted by Crippen LogP contribution is -2.32. The van der Waals surface area contributed by atoms with Crippen molar-refractivity contribution < 1.29 is 0 Å². The summed E-state index contributed by atoms with van der Waals surface area (Å²) in [6.45, 7) is 0. The quantitative estimate of drug-likeness (QED) is 0.676. The van der Waals surface area contributed by atoms with Gasteiger partial charge in [-0.1, -0.05) is 52.3 Å². The number of hydrogen-bond donors (Lipinski definition) is 2. The van der Waals surface area contributed by atoms with E-state index in [2.05, 4.69) is 31.4 Å². The van der Waals surface area contributed by atoms with Crippen LogP contribution in [0.3, 0.4) is 0 Å². The van der Waals surface area contributed by atoms with Gasteiger partial charge in [0.1, 0.15) is 0 Å². The van der Waals surface area contributed by atoms with E-state index in [-0.39, 0.29) is 11.6 Å². The zero-order valence-corrected chi connectivity index (χ0v) is 14.1. The molecule has 3 rings (SSSR count). The minimum atomic E-state index is -0.434. The Hall–Kier alpha value is -2.93. The number of nitrogens with two attached hydrogens (primary N) is 1. The van der Waals surface area contributed by atoms with Gasteiger partial charge in [-0.3, -0.25) is 4.79 Å². The predicted molar refractivity (Wildman–Crippen MR) is 99.2 cm³/mol. The molecule has 7 heteroatoms. The molecule has 0 amide bonds. The molecular weight excluding hydrogens is 370 g/mol. The molecule has 6 nitrogen and oxygen atoms in total. The van der Waals surface area contributed by atoms with E-state index in [4.69, 9.17) is 5.84 Å². The molecule has 2 aromatic carbocycles. The normalized spacial score (nSPS) is 10.9. The summed E-state index contributed by atoms with van der Waals surface area (Å²) in [7, 11) is 0. The molecule has 120 valence electrons. The van der Waals surface area contributed by atoms with E-state index in [9.17, 15) is 4.79 Å². The van der Waals surface area contributed by atoms with Crippen molar-refractivity contribution in [2.24, 2.45) is 0 Å². The van der Waals surface area contributed by atoms with Gasteiger partial charge < -0.3 is 11.2 Å². The number of aromatic nitrogens is 3. The molecule has 0 radical (unpaired) electrons. The lowest BCUT2D eigenvalue weighted by atomic mass is 10.2.